The molecule has 108 valence electrons. The van der Waals surface area contributed by atoms with Crippen LogP contribution < -0.4 is 16.4 Å². The molecule has 1 aromatic rings. The van der Waals surface area contributed by atoms with Crippen molar-refractivity contribution in [1.82, 2.24) is 20.8 Å². The summed E-state index contributed by atoms with van der Waals surface area (Å²) in [7, 11) is 0. The number of carboxylic acids is 1. The number of nitrogens with two attached hydrogens (primary N) is 1. The van der Waals surface area contributed by atoms with Crippen LogP contribution >= 0.6 is 0 Å². The molecule has 0 bridgehead atoms. The minimum atomic E-state index is -1.24. The van der Waals surface area contributed by atoms with E-state index in [0.29, 0.717) is 5.69 Å². The molecule has 1 unspecified atom stereocenters. The average Bonchev–Trinajstić information content (AvgIpc) is 2.41. The Morgan fingerprint density at radius 2 is 2.15 bits per heavy atom. The monoisotopic (exact) mass is 281 g/mol. The molecule has 0 radical (unpaired) electrons. The standard InChI is InChI=1S/C11H15N5O4/c12-9(17)4-3-8(10(18)19)15-11(20)13-6-7-2-1-5-14-16-7/h1-2,5,8H,3-4,6H2,(H2,12,17)(H,18,19)(H2,13,15,20). The summed E-state index contributed by atoms with van der Waals surface area (Å²) in [6, 6.07) is 1.47. The van der Waals surface area contributed by atoms with Gasteiger partial charge in [0.1, 0.15) is 6.04 Å². The third kappa shape index (κ3) is 5.76. The summed E-state index contributed by atoms with van der Waals surface area (Å²) >= 11 is 0. The van der Waals surface area contributed by atoms with Gasteiger partial charge in [0.2, 0.25) is 5.91 Å². The molecule has 0 fully saturated rings. The number of nitrogens with one attached hydrogen (secondary N) is 2. The normalized spacial score (nSPS) is 11.4. The fraction of sp³-hybridized carbons (Fsp3) is 0.364. The van der Waals surface area contributed by atoms with E-state index in [1.54, 1.807) is 12.1 Å². The molecule has 1 aromatic heterocycles. The highest BCUT2D eigenvalue weighted by molar-refractivity contribution is 5.83. The molecule has 5 N–H and O–H groups in total. The van der Waals surface area contributed by atoms with Gasteiger partial charge in [0.25, 0.3) is 0 Å². The zero-order valence-corrected chi connectivity index (χ0v) is 10.6. The molecule has 9 heteroatoms. The average molecular weight is 281 g/mol. The van der Waals surface area contributed by atoms with Crippen molar-refractivity contribution in [3.05, 3.63) is 24.0 Å². The van der Waals surface area contributed by atoms with Gasteiger partial charge in [0.05, 0.1) is 12.2 Å². The highest BCUT2D eigenvalue weighted by atomic mass is 16.4. The number of aliphatic carboxylic acids is 1. The van der Waals surface area contributed by atoms with Crippen molar-refractivity contribution in [2.45, 2.75) is 25.4 Å². The van der Waals surface area contributed by atoms with Gasteiger partial charge in [-0.25, -0.2) is 9.59 Å². The van der Waals surface area contributed by atoms with Crippen molar-refractivity contribution in [3.63, 3.8) is 0 Å². The van der Waals surface area contributed by atoms with Crippen molar-refractivity contribution in [3.8, 4) is 0 Å². The number of amides is 3. The van der Waals surface area contributed by atoms with E-state index in [0.717, 1.165) is 0 Å². The maximum absolute atomic E-state index is 11.5. The maximum atomic E-state index is 11.5. The minimum absolute atomic E-state index is 0.0662. The molecule has 0 saturated heterocycles. The number of carbonyl (C=O) groups excluding carboxylic acids is 2. The molecule has 0 aromatic carbocycles. The lowest BCUT2D eigenvalue weighted by Crippen LogP contribution is -2.46. The van der Waals surface area contributed by atoms with Gasteiger partial charge >= 0.3 is 12.0 Å². The lowest BCUT2D eigenvalue weighted by Gasteiger charge is -2.14. The fourth-order valence-electron chi connectivity index (χ4n) is 1.35. The van der Waals surface area contributed by atoms with Crippen LogP contribution in [0.2, 0.25) is 0 Å². The van der Waals surface area contributed by atoms with E-state index in [-0.39, 0.29) is 19.4 Å². The van der Waals surface area contributed by atoms with Crippen LogP contribution in [-0.4, -0.2) is 39.3 Å². The number of rotatable bonds is 7. The molecule has 20 heavy (non-hydrogen) atoms. The first-order valence-electron chi connectivity index (χ1n) is 5.81. The van der Waals surface area contributed by atoms with Crippen molar-refractivity contribution in [2.75, 3.05) is 0 Å². The zero-order valence-electron chi connectivity index (χ0n) is 10.6. The van der Waals surface area contributed by atoms with E-state index < -0.39 is 23.9 Å². The number of primary amides is 1. The zero-order chi connectivity index (χ0) is 15.0. The van der Waals surface area contributed by atoms with Crippen LogP contribution in [0.15, 0.2) is 18.3 Å². The van der Waals surface area contributed by atoms with Gasteiger partial charge in [0.15, 0.2) is 0 Å². The minimum Gasteiger partial charge on any atom is -0.480 e. The molecule has 1 atom stereocenters. The number of carboxylic acid groups (broad SMARTS) is 1. The van der Waals surface area contributed by atoms with E-state index >= 15 is 0 Å². The van der Waals surface area contributed by atoms with Crippen LogP contribution in [0.3, 0.4) is 0 Å². The predicted molar refractivity (Wildman–Crippen MR) is 67.3 cm³/mol. The smallest absolute Gasteiger partial charge is 0.326 e. The predicted octanol–water partition coefficient (Wildman–Crippen LogP) is -1.01. The van der Waals surface area contributed by atoms with Gasteiger partial charge in [-0.15, -0.1) is 0 Å². The van der Waals surface area contributed by atoms with Gasteiger partial charge in [-0.3, -0.25) is 4.79 Å². The van der Waals surface area contributed by atoms with Crippen LogP contribution in [0.1, 0.15) is 18.5 Å². The Kier molecular flexibility index (Phi) is 5.88. The molecule has 0 aliphatic rings. The van der Waals surface area contributed by atoms with Crippen LogP contribution in [0.4, 0.5) is 4.79 Å². The molecule has 1 heterocycles. The van der Waals surface area contributed by atoms with Gasteiger partial charge < -0.3 is 21.5 Å². The maximum Gasteiger partial charge on any atom is 0.326 e. The van der Waals surface area contributed by atoms with Gasteiger partial charge in [-0.05, 0) is 18.6 Å². The van der Waals surface area contributed by atoms with Crippen molar-refractivity contribution >= 4 is 17.9 Å². The third-order valence-corrected chi connectivity index (χ3v) is 2.34. The van der Waals surface area contributed by atoms with Crippen molar-refractivity contribution in [1.29, 1.82) is 0 Å². The third-order valence-electron chi connectivity index (χ3n) is 2.34. The Morgan fingerprint density at radius 3 is 2.70 bits per heavy atom. The number of aromatic nitrogens is 2. The molecular weight excluding hydrogens is 266 g/mol. The number of carbonyl (C=O) groups is 3. The second-order valence-electron chi connectivity index (χ2n) is 3.94. The molecule has 0 aliphatic carbocycles. The summed E-state index contributed by atoms with van der Waals surface area (Å²) in [5.74, 6) is -1.86. The second kappa shape index (κ2) is 7.67. The number of urea groups is 1. The quantitative estimate of drug-likeness (QED) is 0.503. The summed E-state index contributed by atoms with van der Waals surface area (Å²) in [5, 5.41) is 21.0. The Balaban J connectivity index is 2.41. The first-order valence-corrected chi connectivity index (χ1v) is 5.81. The molecule has 0 aliphatic heterocycles. The first-order chi connectivity index (χ1) is 9.49. The van der Waals surface area contributed by atoms with E-state index in [1.165, 1.54) is 6.20 Å². The molecule has 0 spiro atoms. The van der Waals surface area contributed by atoms with E-state index in [2.05, 4.69) is 20.8 Å². The molecular formula is C11H15N5O4. The summed E-state index contributed by atoms with van der Waals surface area (Å²) in [5.41, 5.74) is 5.46. The topological polar surface area (TPSA) is 147 Å². The lowest BCUT2D eigenvalue weighted by molar-refractivity contribution is -0.139. The molecule has 9 nitrogen and oxygen atoms in total. The summed E-state index contributed by atoms with van der Waals surface area (Å²) in [4.78, 5) is 33.0. The Bertz CT molecular complexity index is 479. The Labute approximate surface area is 114 Å². The van der Waals surface area contributed by atoms with E-state index in [4.69, 9.17) is 10.8 Å². The van der Waals surface area contributed by atoms with Gasteiger partial charge in [-0.1, -0.05) is 0 Å². The fourth-order valence-corrected chi connectivity index (χ4v) is 1.35. The number of nitrogens with zero attached hydrogens (tertiary/aromatic N) is 2. The van der Waals surface area contributed by atoms with Crippen LogP contribution in [-0.2, 0) is 16.1 Å². The summed E-state index contributed by atoms with van der Waals surface area (Å²) in [6.45, 7) is 0.113. The summed E-state index contributed by atoms with van der Waals surface area (Å²) < 4.78 is 0. The van der Waals surface area contributed by atoms with E-state index in [1.807, 2.05) is 0 Å². The Hall–Kier alpha value is -2.71. The lowest BCUT2D eigenvalue weighted by atomic mass is 10.1. The van der Waals surface area contributed by atoms with Crippen LogP contribution in [0.5, 0.6) is 0 Å². The number of hydrogen-bond donors (Lipinski definition) is 4. The SMILES string of the molecule is NC(=O)CCC(NC(=O)NCc1cccnn1)C(=O)O. The highest BCUT2D eigenvalue weighted by Gasteiger charge is 2.20. The summed E-state index contributed by atoms with van der Waals surface area (Å²) in [6.07, 6.45) is 1.30. The highest BCUT2D eigenvalue weighted by Crippen LogP contribution is 1.97. The van der Waals surface area contributed by atoms with Crippen molar-refractivity contribution in [2.24, 2.45) is 5.73 Å². The van der Waals surface area contributed by atoms with Gasteiger partial charge in [-0.2, -0.15) is 10.2 Å². The largest absolute Gasteiger partial charge is 0.480 e. The first kappa shape index (κ1) is 15.3. The molecule has 0 saturated carbocycles. The molecule has 3 amide bonds. The van der Waals surface area contributed by atoms with Gasteiger partial charge in [0, 0.05) is 12.6 Å². The van der Waals surface area contributed by atoms with Crippen LogP contribution in [0.25, 0.3) is 0 Å². The van der Waals surface area contributed by atoms with Crippen LogP contribution in [0, 0.1) is 0 Å². The second-order valence-corrected chi connectivity index (χ2v) is 3.94. The number of hydrogen-bond acceptors (Lipinski definition) is 5. The Morgan fingerprint density at radius 1 is 1.40 bits per heavy atom. The van der Waals surface area contributed by atoms with E-state index in [9.17, 15) is 14.4 Å². The van der Waals surface area contributed by atoms with Crippen molar-refractivity contribution < 1.29 is 19.5 Å². The molecule has 1 rings (SSSR count).